The second-order valence-electron chi connectivity index (χ2n) is 5.89. The minimum atomic E-state index is 0.803. The van der Waals surface area contributed by atoms with E-state index >= 15 is 0 Å². The molecule has 1 atom stereocenters. The van der Waals surface area contributed by atoms with Crippen molar-refractivity contribution in [3.05, 3.63) is 0 Å². The second kappa shape index (κ2) is 5.61. The monoisotopic (exact) mass is 226 g/mol. The highest BCUT2D eigenvalue weighted by Crippen LogP contribution is 2.50. The standard InChI is InChI=1S/C14H26S/c15-11-5-7-13-6-1-2-8-14(12-13)9-3-4-10-14/h13,15H,1-12H2. The SMILES string of the molecule is SCCCC1CCCCC2(CCCC2)C1. The molecule has 0 aromatic rings. The minimum Gasteiger partial charge on any atom is -0.179 e. The highest BCUT2D eigenvalue weighted by molar-refractivity contribution is 7.80. The van der Waals surface area contributed by atoms with Gasteiger partial charge < -0.3 is 0 Å². The van der Waals surface area contributed by atoms with E-state index in [9.17, 15) is 0 Å². The van der Waals surface area contributed by atoms with E-state index in [2.05, 4.69) is 12.6 Å². The quantitative estimate of drug-likeness (QED) is 0.654. The van der Waals surface area contributed by atoms with Crippen LogP contribution in [0.1, 0.15) is 70.6 Å². The molecule has 1 spiro atoms. The van der Waals surface area contributed by atoms with Crippen molar-refractivity contribution in [1.82, 2.24) is 0 Å². The molecule has 0 saturated heterocycles. The molecule has 88 valence electrons. The van der Waals surface area contributed by atoms with Crippen molar-refractivity contribution in [1.29, 1.82) is 0 Å². The zero-order valence-corrected chi connectivity index (χ0v) is 10.9. The normalized spacial score (nSPS) is 30.6. The summed E-state index contributed by atoms with van der Waals surface area (Å²) >= 11 is 4.35. The van der Waals surface area contributed by atoms with Crippen LogP contribution in [-0.2, 0) is 0 Å². The molecule has 1 heteroatoms. The highest BCUT2D eigenvalue weighted by atomic mass is 32.1. The zero-order chi connectivity index (χ0) is 10.6. The molecule has 2 fully saturated rings. The van der Waals surface area contributed by atoms with Gasteiger partial charge in [0.1, 0.15) is 0 Å². The third kappa shape index (κ3) is 3.15. The lowest BCUT2D eigenvalue weighted by molar-refractivity contribution is 0.211. The van der Waals surface area contributed by atoms with Gasteiger partial charge in [0.25, 0.3) is 0 Å². The molecule has 0 amide bonds. The predicted molar refractivity (Wildman–Crippen MR) is 70.6 cm³/mol. The smallest absolute Gasteiger partial charge is 0.00978 e. The Kier molecular flexibility index (Phi) is 4.42. The summed E-state index contributed by atoms with van der Waals surface area (Å²) in [4.78, 5) is 0. The van der Waals surface area contributed by atoms with Gasteiger partial charge in [-0.3, -0.25) is 0 Å². The van der Waals surface area contributed by atoms with Crippen LogP contribution in [0.25, 0.3) is 0 Å². The number of hydrogen-bond donors (Lipinski definition) is 1. The van der Waals surface area contributed by atoms with E-state index in [1.807, 2.05) is 0 Å². The van der Waals surface area contributed by atoms with Gasteiger partial charge in [-0.1, -0.05) is 32.1 Å². The van der Waals surface area contributed by atoms with Crippen LogP contribution in [0.15, 0.2) is 0 Å². The summed E-state index contributed by atoms with van der Waals surface area (Å²) in [5.41, 5.74) is 0.803. The van der Waals surface area contributed by atoms with Crippen molar-refractivity contribution >= 4 is 12.6 Å². The van der Waals surface area contributed by atoms with Gasteiger partial charge in [-0.25, -0.2) is 0 Å². The fourth-order valence-electron chi connectivity index (χ4n) is 3.95. The van der Waals surface area contributed by atoms with E-state index in [0.717, 1.165) is 17.1 Å². The first-order valence-corrected chi connectivity index (χ1v) is 7.59. The largest absolute Gasteiger partial charge is 0.179 e. The first-order chi connectivity index (χ1) is 7.35. The maximum Gasteiger partial charge on any atom is -0.00978 e. The Hall–Kier alpha value is 0.350. The number of hydrogen-bond acceptors (Lipinski definition) is 1. The molecule has 2 saturated carbocycles. The lowest BCUT2D eigenvalue weighted by atomic mass is 9.75. The van der Waals surface area contributed by atoms with Gasteiger partial charge in [-0.2, -0.15) is 12.6 Å². The number of thiol groups is 1. The second-order valence-corrected chi connectivity index (χ2v) is 6.34. The van der Waals surface area contributed by atoms with Crippen molar-refractivity contribution in [3.8, 4) is 0 Å². The van der Waals surface area contributed by atoms with Crippen molar-refractivity contribution in [2.75, 3.05) is 5.75 Å². The van der Waals surface area contributed by atoms with Crippen LogP contribution in [-0.4, -0.2) is 5.75 Å². The molecule has 0 aliphatic heterocycles. The topological polar surface area (TPSA) is 0 Å². The zero-order valence-electron chi connectivity index (χ0n) is 10.0. The molecule has 0 aromatic carbocycles. The van der Waals surface area contributed by atoms with Crippen molar-refractivity contribution in [2.45, 2.75) is 70.6 Å². The Morgan fingerprint density at radius 1 is 1.00 bits per heavy atom. The first kappa shape index (κ1) is 11.8. The van der Waals surface area contributed by atoms with Crippen LogP contribution in [0.2, 0.25) is 0 Å². The van der Waals surface area contributed by atoms with Crippen LogP contribution in [0.4, 0.5) is 0 Å². The fraction of sp³-hybridized carbons (Fsp3) is 1.00. The molecule has 0 aromatic heterocycles. The summed E-state index contributed by atoms with van der Waals surface area (Å²) in [6.07, 6.45) is 16.5. The van der Waals surface area contributed by atoms with Crippen molar-refractivity contribution in [2.24, 2.45) is 11.3 Å². The van der Waals surface area contributed by atoms with Gasteiger partial charge in [0.15, 0.2) is 0 Å². The van der Waals surface area contributed by atoms with Crippen LogP contribution in [0.3, 0.4) is 0 Å². The molecule has 0 heterocycles. The third-order valence-electron chi connectivity index (χ3n) is 4.73. The maximum atomic E-state index is 4.35. The van der Waals surface area contributed by atoms with Crippen molar-refractivity contribution in [3.63, 3.8) is 0 Å². The molecule has 2 rings (SSSR count). The highest BCUT2D eigenvalue weighted by Gasteiger charge is 2.36. The average Bonchev–Trinajstić information content (AvgIpc) is 2.58. The van der Waals surface area contributed by atoms with Gasteiger partial charge in [0.2, 0.25) is 0 Å². The predicted octanol–water partition coefficient (Wildman–Crippen LogP) is 4.84. The van der Waals surface area contributed by atoms with Gasteiger partial charge in [-0.15, -0.1) is 0 Å². The molecule has 2 aliphatic rings. The molecule has 1 unspecified atom stereocenters. The third-order valence-corrected chi connectivity index (χ3v) is 5.04. The van der Waals surface area contributed by atoms with E-state index in [1.54, 1.807) is 25.7 Å². The molecule has 2 aliphatic carbocycles. The summed E-state index contributed by atoms with van der Waals surface area (Å²) in [7, 11) is 0. The Balaban J connectivity index is 1.89. The van der Waals surface area contributed by atoms with Crippen LogP contribution >= 0.6 is 12.6 Å². The minimum absolute atomic E-state index is 0.803. The van der Waals surface area contributed by atoms with Crippen molar-refractivity contribution < 1.29 is 0 Å². The fourth-order valence-corrected chi connectivity index (χ4v) is 4.14. The van der Waals surface area contributed by atoms with Crippen LogP contribution in [0.5, 0.6) is 0 Å². The number of rotatable bonds is 3. The summed E-state index contributed by atoms with van der Waals surface area (Å²) in [5, 5.41) is 0. The van der Waals surface area contributed by atoms with Gasteiger partial charge in [-0.05, 0) is 55.6 Å². The average molecular weight is 226 g/mol. The molecular formula is C14H26S. The molecule has 0 nitrogen and oxygen atoms in total. The summed E-state index contributed by atoms with van der Waals surface area (Å²) in [6.45, 7) is 0. The van der Waals surface area contributed by atoms with Gasteiger partial charge >= 0.3 is 0 Å². The van der Waals surface area contributed by atoms with Crippen LogP contribution in [0, 0.1) is 11.3 Å². The Morgan fingerprint density at radius 2 is 1.67 bits per heavy atom. The van der Waals surface area contributed by atoms with E-state index in [1.165, 1.54) is 44.9 Å². The van der Waals surface area contributed by atoms with E-state index < -0.39 is 0 Å². The summed E-state index contributed by atoms with van der Waals surface area (Å²) in [5.74, 6) is 2.13. The maximum absolute atomic E-state index is 4.35. The lowest BCUT2D eigenvalue weighted by Crippen LogP contribution is -2.18. The van der Waals surface area contributed by atoms with E-state index in [0.29, 0.717) is 0 Å². The molecule has 0 bridgehead atoms. The lowest BCUT2D eigenvalue weighted by Gasteiger charge is -2.30. The van der Waals surface area contributed by atoms with E-state index in [4.69, 9.17) is 0 Å². The van der Waals surface area contributed by atoms with E-state index in [-0.39, 0.29) is 0 Å². The Labute approximate surface area is 101 Å². The molecule has 15 heavy (non-hydrogen) atoms. The molecule has 0 radical (unpaired) electrons. The Bertz CT molecular complexity index is 182. The van der Waals surface area contributed by atoms with Gasteiger partial charge in [0.05, 0.1) is 0 Å². The van der Waals surface area contributed by atoms with Gasteiger partial charge in [0, 0.05) is 0 Å². The molecule has 0 N–H and O–H groups in total. The summed E-state index contributed by atoms with van der Waals surface area (Å²) < 4.78 is 0. The summed E-state index contributed by atoms with van der Waals surface area (Å²) in [6, 6.07) is 0. The Morgan fingerprint density at radius 3 is 2.33 bits per heavy atom. The molecular weight excluding hydrogens is 200 g/mol. The first-order valence-electron chi connectivity index (χ1n) is 6.96. The van der Waals surface area contributed by atoms with Crippen LogP contribution < -0.4 is 0 Å².